The van der Waals surface area contributed by atoms with Crippen molar-refractivity contribution in [3.63, 3.8) is 0 Å². The van der Waals surface area contributed by atoms with Crippen LogP contribution < -0.4 is 10.6 Å². The van der Waals surface area contributed by atoms with Crippen LogP contribution in [0.1, 0.15) is 83.0 Å². The number of fused-ring (bicyclic) bond motifs is 2. The molecule has 0 saturated heterocycles. The van der Waals surface area contributed by atoms with E-state index in [4.69, 9.17) is 4.42 Å². The van der Waals surface area contributed by atoms with Crippen molar-refractivity contribution >= 4 is 23.3 Å². The maximum absolute atomic E-state index is 12.9. The van der Waals surface area contributed by atoms with E-state index < -0.39 is 0 Å². The Morgan fingerprint density at radius 3 is 2.72 bits per heavy atom. The minimum absolute atomic E-state index is 0.0292. The minimum atomic E-state index is -0.318. The van der Waals surface area contributed by atoms with E-state index in [1.165, 1.54) is 0 Å². The maximum atomic E-state index is 12.9. The number of anilines is 1. The van der Waals surface area contributed by atoms with Gasteiger partial charge in [-0.1, -0.05) is 26.0 Å². The van der Waals surface area contributed by atoms with Gasteiger partial charge in [0.05, 0.1) is 11.6 Å². The first kappa shape index (κ1) is 19.4. The number of Topliss-reactive ketones (excluding diaryl/α,β-unsaturated/α-hetero) is 1. The van der Waals surface area contributed by atoms with Crippen molar-refractivity contribution in [2.24, 2.45) is 5.41 Å². The van der Waals surface area contributed by atoms with Crippen molar-refractivity contribution in [1.29, 1.82) is 0 Å². The molecule has 1 unspecified atom stereocenters. The smallest absolute Gasteiger partial charge is 0.287 e. The second-order valence-electron chi connectivity index (χ2n) is 8.96. The first-order valence-corrected chi connectivity index (χ1v) is 10.0. The molecule has 2 amide bonds. The highest BCUT2D eigenvalue weighted by molar-refractivity contribution is 6.03. The molecular formula is C23H26N2O4. The Hall–Kier alpha value is -2.89. The van der Waals surface area contributed by atoms with Crippen LogP contribution in [0.5, 0.6) is 0 Å². The van der Waals surface area contributed by atoms with Crippen LogP contribution in [0, 0.1) is 12.3 Å². The number of nitrogens with one attached hydrogen (secondary N) is 2. The fourth-order valence-corrected chi connectivity index (χ4v) is 4.32. The highest BCUT2D eigenvalue weighted by Gasteiger charge is 2.37. The molecule has 6 nitrogen and oxygen atoms in total. The molecule has 1 aliphatic carbocycles. The van der Waals surface area contributed by atoms with Gasteiger partial charge >= 0.3 is 0 Å². The van der Waals surface area contributed by atoms with Gasteiger partial charge in [0, 0.05) is 30.5 Å². The SMILES string of the molecule is Cc1c(C(=O)NC(C)c2ccc3c(c2)CCC(=O)N3)oc2c1C(=O)CC(C)(C)C2. The van der Waals surface area contributed by atoms with Crippen molar-refractivity contribution in [1.82, 2.24) is 5.32 Å². The maximum Gasteiger partial charge on any atom is 0.287 e. The van der Waals surface area contributed by atoms with Crippen LogP contribution in [0.25, 0.3) is 0 Å². The molecule has 0 fully saturated rings. The van der Waals surface area contributed by atoms with Gasteiger partial charge in [-0.15, -0.1) is 0 Å². The zero-order valence-electron chi connectivity index (χ0n) is 17.3. The number of amides is 2. The third-order valence-corrected chi connectivity index (χ3v) is 5.86. The lowest BCUT2D eigenvalue weighted by atomic mass is 9.76. The summed E-state index contributed by atoms with van der Waals surface area (Å²) in [6.07, 6.45) is 2.27. The number of carbonyl (C=O) groups is 3. The molecule has 2 N–H and O–H groups in total. The average Bonchev–Trinajstić information content (AvgIpc) is 2.96. The van der Waals surface area contributed by atoms with E-state index in [0.717, 1.165) is 16.8 Å². The van der Waals surface area contributed by atoms with Crippen LogP contribution in [0.3, 0.4) is 0 Å². The van der Waals surface area contributed by atoms with E-state index in [2.05, 4.69) is 10.6 Å². The van der Waals surface area contributed by atoms with Crippen molar-refractivity contribution in [2.45, 2.75) is 59.4 Å². The molecule has 0 bridgehead atoms. The fraction of sp³-hybridized carbons (Fsp3) is 0.435. The molecule has 6 heteroatoms. The summed E-state index contributed by atoms with van der Waals surface area (Å²) in [7, 11) is 0. The van der Waals surface area contributed by atoms with Gasteiger partial charge in [0.2, 0.25) is 5.91 Å². The second-order valence-corrected chi connectivity index (χ2v) is 8.96. The van der Waals surface area contributed by atoms with Crippen LogP contribution in [-0.4, -0.2) is 17.6 Å². The predicted molar refractivity (Wildman–Crippen MR) is 109 cm³/mol. The zero-order valence-corrected chi connectivity index (χ0v) is 17.3. The number of carbonyl (C=O) groups excluding carboxylic acids is 3. The number of benzene rings is 1. The fourth-order valence-electron chi connectivity index (χ4n) is 4.32. The van der Waals surface area contributed by atoms with Crippen LogP contribution in [-0.2, 0) is 17.6 Å². The number of ketones is 1. The Bertz CT molecular complexity index is 1030. The molecule has 152 valence electrons. The number of hydrogen-bond donors (Lipinski definition) is 2. The standard InChI is InChI=1S/C23H26N2O4/c1-12-20-17(26)10-23(3,4)11-18(20)29-21(12)22(28)24-13(2)14-5-7-16-15(9-14)6-8-19(27)25-16/h5,7,9,13H,6,8,10-11H2,1-4H3,(H,24,28)(H,25,27). The van der Waals surface area contributed by atoms with Crippen LogP contribution in [0.4, 0.5) is 5.69 Å². The summed E-state index contributed by atoms with van der Waals surface area (Å²) >= 11 is 0. The topological polar surface area (TPSA) is 88.4 Å². The summed E-state index contributed by atoms with van der Waals surface area (Å²) in [5.74, 6) is 0.591. The zero-order chi connectivity index (χ0) is 20.9. The molecule has 2 aromatic rings. The third kappa shape index (κ3) is 3.59. The molecule has 2 heterocycles. The first-order chi connectivity index (χ1) is 13.6. The van der Waals surface area contributed by atoms with Crippen LogP contribution >= 0.6 is 0 Å². The first-order valence-electron chi connectivity index (χ1n) is 10.0. The summed E-state index contributed by atoms with van der Waals surface area (Å²) in [4.78, 5) is 37.0. The highest BCUT2D eigenvalue weighted by atomic mass is 16.4. The molecular weight excluding hydrogens is 368 g/mol. The Morgan fingerprint density at radius 1 is 1.21 bits per heavy atom. The third-order valence-electron chi connectivity index (χ3n) is 5.86. The quantitative estimate of drug-likeness (QED) is 0.820. The minimum Gasteiger partial charge on any atom is -0.455 e. The summed E-state index contributed by atoms with van der Waals surface area (Å²) < 4.78 is 5.86. The van der Waals surface area contributed by atoms with Crippen LogP contribution in [0.15, 0.2) is 22.6 Å². The van der Waals surface area contributed by atoms with E-state index >= 15 is 0 Å². The average molecular weight is 394 g/mol. The van der Waals surface area contributed by atoms with Gasteiger partial charge in [-0.2, -0.15) is 0 Å². The molecule has 1 aromatic carbocycles. The summed E-state index contributed by atoms with van der Waals surface area (Å²) in [5.41, 5.74) is 3.90. The largest absolute Gasteiger partial charge is 0.455 e. The molecule has 1 aromatic heterocycles. The molecule has 1 aliphatic heterocycles. The van der Waals surface area contributed by atoms with Gasteiger partial charge in [0.1, 0.15) is 5.76 Å². The number of rotatable bonds is 3. The number of aryl methyl sites for hydroxylation is 1. The van der Waals surface area contributed by atoms with Gasteiger partial charge in [0.25, 0.3) is 5.91 Å². The normalized spacial score (nSPS) is 18.5. The Kier molecular flexibility index (Phi) is 4.60. The number of furan rings is 1. The van der Waals surface area contributed by atoms with E-state index in [0.29, 0.717) is 42.6 Å². The lowest BCUT2D eigenvalue weighted by molar-refractivity contribution is -0.116. The van der Waals surface area contributed by atoms with Crippen LogP contribution in [0.2, 0.25) is 0 Å². The summed E-state index contributed by atoms with van der Waals surface area (Å²) in [6.45, 7) is 7.76. The molecule has 1 atom stereocenters. The Morgan fingerprint density at radius 2 is 1.97 bits per heavy atom. The Balaban J connectivity index is 1.55. The summed E-state index contributed by atoms with van der Waals surface area (Å²) in [6, 6.07) is 5.56. The van der Waals surface area contributed by atoms with Crippen molar-refractivity contribution in [3.8, 4) is 0 Å². The van der Waals surface area contributed by atoms with E-state index in [9.17, 15) is 14.4 Å². The summed E-state index contributed by atoms with van der Waals surface area (Å²) in [5, 5.41) is 5.85. The molecule has 29 heavy (non-hydrogen) atoms. The molecule has 2 aliphatic rings. The van der Waals surface area contributed by atoms with Crippen molar-refractivity contribution < 1.29 is 18.8 Å². The van der Waals surface area contributed by atoms with E-state index in [-0.39, 0.29) is 34.8 Å². The molecule has 0 spiro atoms. The van der Waals surface area contributed by atoms with Gasteiger partial charge < -0.3 is 15.1 Å². The molecule has 0 saturated carbocycles. The van der Waals surface area contributed by atoms with Crippen molar-refractivity contribution in [2.75, 3.05) is 5.32 Å². The van der Waals surface area contributed by atoms with Gasteiger partial charge in [-0.3, -0.25) is 14.4 Å². The van der Waals surface area contributed by atoms with E-state index in [1.807, 2.05) is 39.0 Å². The lowest BCUT2D eigenvalue weighted by Gasteiger charge is -2.27. The van der Waals surface area contributed by atoms with E-state index in [1.54, 1.807) is 6.92 Å². The molecule has 0 radical (unpaired) electrons. The highest BCUT2D eigenvalue weighted by Crippen LogP contribution is 2.38. The number of hydrogen-bond acceptors (Lipinski definition) is 4. The Labute approximate surface area is 170 Å². The van der Waals surface area contributed by atoms with Gasteiger partial charge in [-0.25, -0.2) is 0 Å². The van der Waals surface area contributed by atoms with Crippen molar-refractivity contribution in [3.05, 3.63) is 52.0 Å². The van der Waals surface area contributed by atoms with Gasteiger partial charge in [-0.05, 0) is 42.9 Å². The lowest BCUT2D eigenvalue weighted by Crippen LogP contribution is -2.27. The van der Waals surface area contributed by atoms with Gasteiger partial charge in [0.15, 0.2) is 11.5 Å². The predicted octanol–water partition coefficient (Wildman–Crippen LogP) is 4.12. The second kappa shape index (κ2) is 6.87. The molecule has 4 rings (SSSR count). The monoisotopic (exact) mass is 394 g/mol.